The second-order valence-electron chi connectivity index (χ2n) is 5.03. The van der Waals surface area contributed by atoms with Gasteiger partial charge in [0.25, 0.3) is 0 Å². The lowest BCUT2D eigenvalue weighted by Crippen LogP contribution is -2.38. The van der Waals surface area contributed by atoms with Crippen LogP contribution in [0.4, 0.5) is 13.2 Å². The van der Waals surface area contributed by atoms with E-state index in [1.54, 1.807) is 23.5 Å². The minimum atomic E-state index is -4.87. The smallest absolute Gasteiger partial charge is 0.471 e. The molecule has 0 saturated carbocycles. The molecule has 3 nitrogen and oxygen atoms in total. The highest BCUT2D eigenvalue weighted by Gasteiger charge is 2.38. The second-order valence-corrected chi connectivity index (χ2v) is 5.03. The number of hydrogen-bond donors (Lipinski definition) is 1. The number of benzene rings is 1. The summed E-state index contributed by atoms with van der Waals surface area (Å²) in [6.45, 7) is 3.87. The number of rotatable bonds is 5. The van der Waals surface area contributed by atoms with E-state index in [1.807, 2.05) is 6.07 Å². The summed E-state index contributed by atoms with van der Waals surface area (Å²) in [5.41, 5.74) is 0.775. The van der Waals surface area contributed by atoms with Gasteiger partial charge in [-0.05, 0) is 24.1 Å². The van der Waals surface area contributed by atoms with Crippen molar-refractivity contribution in [3.8, 4) is 17.6 Å². The Labute approximate surface area is 127 Å². The molecule has 0 saturated heterocycles. The fraction of sp³-hybridized carbons (Fsp3) is 0.438. The van der Waals surface area contributed by atoms with Gasteiger partial charge in [0.15, 0.2) is 0 Å². The highest BCUT2D eigenvalue weighted by molar-refractivity contribution is 5.81. The molecule has 22 heavy (non-hydrogen) atoms. The fourth-order valence-corrected chi connectivity index (χ4v) is 1.45. The van der Waals surface area contributed by atoms with Gasteiger partial charge in [-0.3, -0.25) is 4.79 Å². The van der Waals surface area contributed by atoms with Crippen LogP contribution in [-0.2, 0) is 4.79 Å². The monoisotopic (exact) mass is 313 g/mol. The lowest BCUT2D eigenvalue weighted by atomic mass is 10.1. The van der Waals surface area contributed by atoms with Crippen LogP contribution in [-0.4, -0.2) is 25.2 Å². The molecule has 1 rings (SSSR count). The van der Waals surface area contributed by atoms with Gasteiger partial charge in [-0.15, -0.1) is 0 Å². The Morgan fingerprint density at radius 3 is 2.73 bits per heavy atom. The zero-order chi connectivity index (χ0) is 16.6. The van der Waals surface area contributed by atoms with Crippen LogP contribution in [0.5, 0.6) is 5.75 Å². The molecular formula is C16H18F3NO2. The molecular weight excluding hydrogens is 295 g/mol. The van der Waals surface area contributed by atoms with E-state index in [9.17, 15) is 18.0 Å². The van der Waals surface area contributed by atoms with E-state index in [0.717, 1.165) is 12.0 Å². The fourth-order valence-electron chi connectivity index (χ4n) is 1.45. The predicted molar refractivity (Wildman–Crippen MR) is 77.3 cm³/mol. The molecule has 0 aliphatic rings. The number of hydrogen-bond acceptors (Lipinski definition) is 2. The number of halogens is 3. The highest BCUT2D eigenvalue weighted by atomic mass is 19.4. The molecule has 1 aromatic carbocycles. The summed E-state index contributed by atoms with van der Waals surface area (Å²) >= 11 is 0. The summed E-state index contributed by atoms with van der Waals surface area (Å²) in [4.78, 5) is 10.6. The third kappa shape index (κ3) is 7.02. The molecule has 1 amide bonds. The van der Waals surface area contributed by atoms with Crippen molar-refractivity contribution in [3.05, 3.63) is 29.8 Å². The molecule has 0 bridgehead atoms. The van der Waals surface area contributed by atoms with E-state index in [2.05, 4.69) is 25.7 Å². The summed E-state index contributed by atoms with van der Waals surface area (Å²) < 4.78 is 41.2. The van der Waals surface area contributed by atoms with Gasteiger partial charge >= 0.3 is 12.1 Å². The number of carbonyl (C=O) groups is 1. The van der Waals surface area contributed by atoms with E-state index in [1.165, 1.54) is 0 Å². The molecule has 0 aliphatic heterocycles. The van der Waals surface area contributed by atoms with Gasteiger partial charge in [-0.25, -0.2) is 0 Å². The number of nitrogens with one attached hydrogen (secondary N) is 1. The Hall–Kier alpha value is -2.16. The van der Waals surface area contributed by atoms with Crippen molar-refractivity contribution < 1.29 is 22.7 Å². The van der Waals surface area contributed by atoms with Gasteiger partial charge in [0.05, 0.1) is 6.54 Å². The minimum absolute atomic E-state index is 0.0509. The van der Waals surface area contributed by atoms with Crippen LogP contribution in [0.1, 0.15) is 25.8 Å². The normalized spacial score (nSPS) is 10.8. The molecule has 0 aromatic heterocycles. The van der Waals surface area contributed by atoms with Crippen molar-refractivity contribution >= 4 is 5.91 Å². The molecule has 1 N–H and O–H groups in total. The van der Waals surface area contributed by atoms with Crippen molar-refractivity contribution in [2.75, 3.05) is 13.2 Å². The third-order valence-electron chi connectivity index (χ3n) is 2.49. The van der Waals surface area contributed by atoms with Gasteiger partial charge in [-0.1, -0.05) is 31.8 Å². The van der Waals surface area contributed by atoms with Crippen molar-refractivity contribution in [1.82, 2.24) is 5.32 Å². The third-order valence-corrected chi connectivity index (χ3v) is 2.49. The Kier molecular flexibility index (Phi) is 6.77. The van der Waals surface area contributed by atoms with Crippen molar-refractivity contribution in [3.63, 3.8) is 0 Å². The van der Waals surface area contributed by atoms with Gasteiger partial charge in [0.1, 0.15) is 12.4 Å². The summed E-state index contributed by atoms with van der Waals surface area (Å²) in [7, 11) is 0. The van der Waals surface area contributed by atoms with Crippen LogP contribution < -0.4 is 10.1 Å². The Balaban J connectivity index is 2.43. The van der Waals surface area contributed by atoms with Gasteiger partial charge in [-0.2, -0.15) is 13.2 Å². The Morgan fingerprint density at radius 1 is 1.36 bits per heavy atom. The van der Waals surface area contributed by atoms with Crippen LogP contribution in [0.3, 0.4) is 0 Å². The maximum absolute atomic E-state index is 12.0. The van der Waals surface area contributed by atoms with Crippen LogP contribution in [0.2, 0.25) is 0 Å². The maximum Gasteiger partial charge on any atom is 0.471 e. The standard InChI is InChI=1S/C16H18F3NO2/c1-12(2)5-3-6-13-7-4-8-14(11-13)22-10-9-20-15(21)16(17,18)19/h4,7-8,11-12H,5,9-10H2,1-2H3,(H,20,21). The molecule has 0 atom stereocenters. The first-order valence-electron chi connectivity index (χ1n) is 6.86. The van der Waals surface area contributed by atoms with Crippen LogP contribution >= 0.6 is 0 Å². The van der Waals surface area contributed by atoms with Crippen molar-refractivity contribution in [1.29, 1.82) is 0 Å². The maximum atomic E-state index is 12.0. The zero-order valence-corrected chi connectivity index (χ0v) is 12.5. The topological polar surface area (TPSA) is 38.3 Å². The van der Waals surface area contributed by atoms with Crippen LogP contribution in [0.15, 0.2) is 24.3 Å². The first-order chi connectivity index (χ1) is 10.3. The molecule has 6 heteroatoms. The van der Waals surface area contributed by atoms with E-state index in [0.29, 0.717) is 11.7 Å². The molecule has 0 spiro atoms. The molecule has 120 valence electrons. The Morgan fingerprint density at radius 2 is 2.09 bits per heavy atom. The highest BCUT2D eigenvalue weighted by Crippen LogP contribution is 2.14. The van der Waals surface area contributed by atoms with Crippen LogP contribution in [0, 0.1) is 17.8 Å². The molecule has 0 fully saturated rings. The first kappa shape index (κ1) is 17.9. The number of alkyl halides is 3. The predicted octanol–water partition coefficient (Wildman–Crippen LogP) is 3.14. The molecule has 0 heterocycles. The van der Waals surface area contributed by atoms with Gasteiger partial charge in [0.2, 0.25) is 0 Å². The summed E-state index contributed by atoms with van der Waals surface area (Å²) in [5.74, 6) is 5.06. The van der Waals surface area contributed by atoms with Gasteiger partial charge in [0, 0.05) is 12.0 Å². The van der Waals surface area contributed by atoms with E-state index in [-0.39, 0.29) is 13.2 Å². The second kappa shape index (κ2) is 8.32. The summed E-state index contributed by atoms with van der Waals surface area (Å²) in [5, 5.41) is 1.74. The van der Waals surface area contributed by atoms with Gasteiger partial charge < -0.3 is 10.1 Å². The first-order valence-corrected chi connectivity index (χ1v) is 6.86. The van der Waals surface area contributed by atoms with Crippen LogP contribution in [0.25, 0.3) is 0 Å². The molecule has 0 aliphatic carbocycles. The summed E-state index contributed by atoms with van der Waals surface area (Å²) in [6.07, 6.45) is -4.08. The van der Waals surface area contributed by atoms with Crippen molar-refractivity contribution in [2.45, 2.75) is 26.4 Å². The molecule has 0 unspecified atom stereocenters. The number of carbonyl (C=O) groups excluding carboxylic acids is 1. The summed E-state index contributed by atoms with van der Waals surface area (Å²) in [6, 6.07) is 6.97. The minimum Gasteiger partial charge on any atom is -0.492 e. The average Bonchev–Trinajstić information content (AvgIpc) is 2.42. The Bertz CT molecular complexity index is 556. The lowest BCUT2D eigenvalue weighted by Gasteiger charge is -2.09. The van der Waals surface area contributed by atoms with E-state index in [4.69, 9.17) is 4.74 Å². The SMILES string of the molecule is CC(C)CC#Cc1cccc(OCCNC(=O)C(F)(F)F)c1. The van der Waals surface area contributed by atoms with E-state index >= 15 is 0 Å². The quantitative estimate of drug-likeness (QED) is 0.670. The number of amides is 1. The largest absolute Gasteiger partial charge is 0.492 e. The number of ether oxygens (including phenoxy) is 1. The zero-order valence-electron chi connectivity index (χ0n) is 12.5. The lowest BCUT2D eigenvalue weighted by molar-refractivity contribution is -0.173. The van der Waals surface area contributed by atoms with E-state index < -0.39 is 12.1 Å². The average molecular weight is 313 g/mol. The molecule has 1 aromatic rings. The molecule has 0 radical (unpaired) electrons. The van der Waals surface area contributed by atoms with Crippen molar-refractivity contribution in [2.24, 2.45) is 5.92 Å².